The maximum Gasteiger partial charge on any atom is 0.322 e. The van der Waals surface area contributed by atoms with Crippen LogP contribution in [0.5, 0.6) is 0 Å². The second-order valence-corrected chi connectivity index (χ2v) is 6.16. The van der Waals surface area contributed by atoms with Crippen molar-refractivity contribution in [2.75, 3.05) is 18.4 Å². The number of aryl methyl sites for hydroxylation is 1. The van der Waals surface area contributed by atoms with E-state index in [4.69, 9.17) is 0 Å². The summed E-state index contributed by atoms with van der Waals surface area (Å²) in [6, 6.07) is 2.11. The Kier molecular flexibility index (Phi) is 4.43. The molecular weight excluding hydrogens is 258 g/mol. The molecule has 19 heavy (non-hydrogen) atoms. The van der Waals surface area contributed by atoms with Gasteiger partial charge in [-0.25, -0.2) is 4.79 Å². The summed E-state index contributed by atoms with van der Waals surface area (Å²) in [5.41, 5.74) is 1.57. The Hall–Kier alpha value is -1.54. The fourth-order valence-electron chi connectivity index (χ4n) is 2.30. The fourth-order valence-corrected chi connectivity index (χ4v) is 3.30. The number of amides is 2. The van der Waals surface area contributed by atoms with Crippen molar-refractivity contribution < 1.29 is 4.79 Å². The molecule has 2 rings (SSSR count). The minimum Gasteiger partial charge on any atom is -0.325 e. The number of anilines is 1. The number of nitrogens with one attached hydrogen (secondary N) is 1. The average molecular weight is 277 g/mol. The number of hydrogen-bond acceptors (Lipinski definition) is 3. The summed E-state index contributed by atoms with van der Waals surface area (Å²) in [6.07, 6.45) is 4.54. The molecule has 0 spiro atoms. The molecule has 1 aromatic rings. The second kappa shape index (κ2) is 6.07. The van der Waals surface area contributed by atoms with E-state index in [1.807, 2.05) is 18.7 Å². The smallest absolute Gasteiger partial charge is 0.322 e. The first-order valence-corrected chi connectivity index (χ1v) is 7.51. The van der Waals surface area contributed by atoms with E-state index < -0.39 is 0 Å². The second-order valence-electron chi connectivity index (χ2n) is 4.93. The van der Waals surface area contributed by atoms with Gasteiger partial charge in [-0.3, -0.25) is 5.32 Å². The van der Waals surface area contributed by atoms with Crippen molar-refractivity contribution in [3.63, 3.8) is 0 Å². The minimum absolute atomic E-state index is 0.0698. The van der Waals surface area contributed by atoms with Crippen LogP contribution in [-0.4, -0.2) is 24.0 Å². The van der Waals surface area contributed by atoms with Gasteiger partial charge in [0, 0.05) is 18.0 Å². The normalized spacial score (nSPS) is 15.7. The summed E-state index contributed by atoms with van der Waals surface area (Å²) in [6.45, 7) is 5.53. The van der Waals surface area contributed by atoms with Gasteiger partial charge in [0.05, 0.1) is 5.56 Å². The molecule has 0 aromatic carbocycles. The molecule has 1 fully saturated rings. The summed E-state index contributed by atoms with van der Waals surface area (Å²) >= 11 is 1.48. The van der Waals surface area contributed by atoms with Crippen molar-refractivity contribution >= 4 is 22.4 Å². The Labute approximate surface area is 118 Å². The molecule has 5 heteroatoms. The lowest BCUT2D eigenvalue weighted by molar-refractivity contribution is 0.214. The van der Waals surface area contributed by atoms with Crippen LogP contribution < -0.4 is 5.32 Å². The van der Waals surface area contributed by atoms with Gasteiger partial charge in [0.1, 0.15) is 11.1 Å². The van der Waals surface area contributed by atoms with Crippen LogP contribution in [0.25, 0.3) is 0 Å². The highest BCUT2D eigenvalue weighted by atomic mass is 32.1. The lowest BCUT2D eigenvalue weighted by atomic mass is 10.2. The lowest BCUT2D eigenvalue weighted by Crippen LogP contribution is -2.35. The Balaban J connectivity index is 2.10. The van der Waals surface area contributed by atoms with Crippen molar-refractivity contribution in [3.8, 4) is 6.07 Å². The van der Waals surface area contributed by atoms with E-state index in [0.29, 0.717) is 10.6 Å². The molecule has 0 unspecified atom stereocenters. The van der Waals surface area contributed by atoms with Gasteiger partial charge < -0.3 is 4.90 Å². The van der Waals surface area contributed by atoms with Crippen LogP contribution in [0.15, 0.2) is 0 Å². The quantitative estimate of drug-likeness (QED) is 0.852. The van der Waals surface area contributed by atoms with Crippen LogP contribution in [0.1, 0.15) is 41.7 Å². The summed E-state index contributed by atoms with van der Waals surface area (Å²) in [7, 11) is 0. The predicted molar refractivity (Wildman–Crippen MR) is 77.6 cm³/mol. The SMILES string of the molecule is Cc1sc(NC(=O)N2CCCCCC2)c(C#N)c1C. The molecule has 0 bridgehead atoms. The van der Waals surface area contributed by atoms with Gasteiger partial charge in [0.25, 0.3) is 0 Å². The predicted octanol–water partition coefficient (Wildman–Crippen LogP) is 3.64. The third-order valence-corrected chi connectivity index (χ3v) is 4.73. The molecule has 1 saturated heterocycles. The number of nitriles is 1. The number of carbonyl (C=O) groups is 1. The topological polar surface area (TPSA) is 56.1 Å². The van der Waals surface area contributed by atoms with Crippen LogP contribution in [0.4, 0.5) is 9.80 Å². The number of nitrogens with zero attached hydrogens (tertiary/aromatic N) is 2. The molecule has 1 N–H and O–H groups in total. The van der Waals surface area contributed by atoms with Crippen molar-refractivity contribution in [1.82, 2.24) is 4.90 Å². The number of urea groups is 1. The average Bonchev–Trinajstić information content (AvgIpc) is 2.62. The first-order valence-electron chi connectivity index (χ1n) is 6.69. The van der Waals surface area contributed by atoms with Crippen molar-refractivity contribution in [2.45, 2.75) is 39.5 Å². The molecule has 0 saturated carbocycles. The standard InChI is InChI=1S/C14H19N3OS/c1-10-11(2)19-13(12(10)9-15)16-14(18)17-7-5-3-4-6-8-17/h3-8H2,1-2H3,(H,16,18). The van der Waals surface area contributed by atoms with Crippen LogP contribution in [-0.2, 0) is 0 Å². The summed E-state index contributed by atoms with van der Waals surface area (Å²) in [4.78, 5) is 15.2. The van der Waals surface area contributed by atoms with Crippen LogP contribution in [0, 0.1) is 25.2 Å². The first kappa shape index (κ1) is 13.9. The van der Waals surface area contributed by atoms with Crippen molar-refractivity contribution in [2.24, 2.45) is 0 Å². The van der Waals surface area contributed by atoms with E-state index in [9.17, 15) is 10.1 Å². The van der Waals surface area contributed by atoms with Gasteiger partial charge in [-0.2, -0.15) is 5.26 Å². The van der Waals surface area contributed by atoms with Crippen molar-refractivity contribution in [1.29, 1.82) is 5.26 Å². The van der Waals surface area contributed by atoms with E-state index >= 15 is 0 Å². The molecule has 0 aliphatic carbocycles. The largest absolute Gasteiger partial charge is 0.325 e. The van der Waals surface area contributed by atoms with Crippen LogP contribution in [0.3, 0.4) is 0 Å². The molecule has 102 valence electrons. The van der Waals surface area contributed by atoms with Gasteiger partial charge >= 0.3 is 6.03 Å². The molecule has 2 amide bonds. The van der Waals surface area contributed by atoms with E-state index in [1.54, 1.807) is 0 Å². The minimum atomic E-state index is -0.0698. The molecule has 1 aliphatic rings. The molecule has 1 aromatic heterocycles. The Bertz CT molecular complexity index is 507. The Morgan fingerprint density at radius 3 is 2.47 bits per heavy atom. The van der Waals surface area contributed by atoms with E-state index in [-0.39, 0.29) is 6.03 Å². The summed E-state index contributed by atoms with van der Waals surface area (Å²) in [5, 5.41) is 12.8. The molecular formula is C14H19N3OS. The number of carbonyl (C=O) groups excluding carboxylic acids is 1. The highest BCUT2D eigenvalue weighted by Crippen LogP contribution is 2.31. The van der Waals surface area contributed by atoms with E-state index in [2.05, 4.69) is 11.4 Å². The third kappa shape index (κ3) is 3.07. The molecule has 4 nitrogen and oxygen atoms in total. The Morgan fingerprint density at radius 1 is 1.26 bits per heavy atom. The summed E-state index contributed by atoms with van der Waals surface area (Å²) in [5.74, 6) is 0. The van der Waals surface area contributed by atoms with Gasteiger partial charge in [-0.05, 0) is 32.3 Å². The van der Waals surface area contributed by atoms with Gasteiger partial charge in [-0.1, -0.05) is 12.8 Å². The maximum atomic E-state index is 12.2. The van der Waals surface area contributed by atoms with Gasteiger partial charge in [-0.15, -0.1) is 11.3 Å². The highest BCUT2D eigenvalue weighted by Gasteiger charge is 2.19. The lowest BCUT2D eigenvalue weighted by Gasteiger charge is -2.20. The maximum absolute atomic E-state index is 12.2. The van der Waals surface area contributed by atoms with E-state index in [0.717, 1.165) is 36.4 Å². The van der Waals surface area contributed by atoms with Gasteiger partial charge in [0.2, 0.25) is 0 Å². The fraction of sp³-hybridized carbons (Fsp3) is 0.571. The molecule has 1 aliphatic heterocycles. The Morgan fingerprint density at radius 2 is 1.89 bits per heavy atom. The zero-order chi connectivity index (χ0) is 13.8. The van der Waals surface area contributed by atoms with Crippen LogP contribution in [0.2, 0.25) is 0 Å². The van der Waals surface area contributed by atoms with E-state index in [1.165, 1.54) is 24.2 Å². The highest BCUT2D eigenvalue weighted by molar-refractivity contribution is 7.16. The molecule has 0 radical (unpaired) electrons. The zero-order valence-electron chi connectivity index (χ0n) is 11.5. The number of hydrogen-bond donors (Lipinski definition) is 1. The number of rotatable bonds is 1. The zero-order valence-corrected chi connectivity index (χ0v) is 12.3. The molecule has 2 heterocycles. The van der Waals surface area contributed by atoms with Crippen LogP contribution >= 0.6 is 11.3 Å². The van der Waals surface area contributed by atoms with Gasteiger partial charge in [0.15, 0.2) is 0 Å². The number of likely N-dealkylation sites (tertiary alicyclic amines) is 1. The van der Waals surface area contributed by atoms with Crippen molar-refractivity contribution in [3.05, 3.63) is 16.0 Å². The molecule has 0 atom stereocenters. The first-order chi connectivity index (χ1) is 9.13. The third-order valence-electron chi connectivity index (χ3n) is 3.61. The monoisotopic (exact) mass is 277 g/mol. The number of thiophene rings is 1. The summed E-state index contributed by atoms with van der Waals surface area (Å²) < 4.78 is 0.